The fraction of sp³-hybridized carbons (Fsp3) is 0.267. The Hall–Kier alpha value is -3.03. The van der Waals surface area contributed by atoms with E-state index in [0.29, 0.717) is 11.3 Å². The highest BCUT2D eigenvalue weighted by molar-refractivity contribution is 5.94. The highest BCUT2D eigenvalue weighted by Crippen LogP contribution is 2.33. The van der Waals surface area contributed by atoms with Crippen molar-refractivity contribution in [2.45, 2.75) is 26.9 Å². The minimum Gasteiger partial charge on any atom is -0.470 e. The zero-order chi connectivity index (χ0) is 17.0. The summed E-state index contributed by atoms with van der Waals surface area (Å²) >= 11 is 0. The quantitative estimate of drug-likeness (QED) is 0.495. The Bertz CT molecular complexity index is 729. The number of hydrogen-bond donors (Lipinski definition) is 1. The van der Waals surface area contributed by atoms with E-state index in [9.17, 15) is 14.9 Å². The Labute approximate surface area is 132 Å². The minimum absolute atomic E-state index is 0.0243. The normalized spacial score (nSPS) is 10.4. The van der Waals surface area contributed by atoms with Gasteiger partial charge in [0.2, 0.25) is 5.82 Å². The first-order valence-corrected chi connectivity index (χ1v) is 6.92. The SMILES string of the molecule is CC(=O)c1ccc(Nc2ncnc(OC(C)C)c2[N+](=O)[O-])cc1. The van der Waals surface area contributed by atoms with E-state index in [1.165, 1.54) is 13.3 Å². The Morgan fingerprint density at radius 1 is 1.26 bits per heavy atom. The van der Waals surface area contributed by atoms with Gasteiger partial charge in [-0.25, -0.2) is 4.98 Å². The summed E-state index contributed by atoms with van der Waals surface area (Å²) < 4.78 is 5.36. The second-order valence-electron chi connectivity index (χ2n) is 5.06. The number of nitro groups is 1. The molecule has 23 heavy (non-hydrogen) atoms. The topological polar surface area (TPSA) is 107 Å². The molecule has 120 valence electrons. The number of Topliss-reactive ketones (excluding diaryl/α,β-unsaturated/α-hetero) is 1. The molecule has 1 N–H and O–H groups in total. The maximum atomic E-state index is 11.3. The van der Waals surface area contributed by atoms with Crippen molar-refractivity contribution in [1.82, 2.24) is 9.97 Å². The van der Waals surface area contributed by atoms with Crippen molar-refractivity contribution in [3.8, 4) is 5.88 Å². The van der Waals surface area contributed by atoms with Crippen LogP contribution in [0.2, 0.25) is 0 Å². The van der Waals surface area contributed by atoms with E-state index < -0.39 is 4.92 Å². The first-order valence-electron chi connectivity index (χ1n) is 6.92. The third-order valence-electron chi connectivity index (χ3n) is 2.87. The van der Waals surface area contributed by atoms with Crippen molar-refractivity contribution in [3.05, 3.63) is 46.3 Å². The number of aromatic nitrogens is 2. The molecule has 0 unspecified atom stereocenters. The van der Waals surface area contributed by atoms with Crippen molar-refractivity contribution in [2.75, 3.05) is 5.32 Å². The van der Waals surface area contributed by atoms with Crippen LogP contribution in [0.3, 0.4) is 0 Å². The van der Waals surface area contributed by atoms with Gasteiger partial charge in [0, 0.05) is 11.3 Å². The van der Waals surface area contributed by atoms with Crippen LogP contribution in [0, 0.1) is 10.1 Å². The Morgan fingerprint density at radius 3 is 2.43 bits per heavy atom. The summed E-state index contributed by atoms with van der Waals surface area (Å²) in [4.78, 5) is 29.7. The van der Waals surface area contributed by atoms with Crippen LogP contribution in [0.25, 0.3) is 0 Å². The number of carbonyl (C=O) groups excluding carboxylic acids is 1. The molecule has 0 fully saturated rings. The van der Waals surface area contributed by atoms with E-state index in [4.69, 9.17) is 4.74 Å². The van der Waals surface area contributed by atoms with Crippen LogP contribution in [-0.2, 0) is 0 Å². The Kier molecular flexibility index (Phi) is 4.85. The van der Waals surface area contributed by atoms with Crippen LogP contribution >= 0.6 is 0 Å². The van der Waals surface area contributed by atoms with Crippen molar-refractivity contribution in [2.24, 2.45) is 0 Å². The molecule has 0 amide bonds. The van der Waals surface area contributed by atoms with Crippen LogP contribution in [0.15, 0.2) is 30.6 Å². The van der Waals surface area contributed by atoms with Crippen LogP contribution < -0.4 is 10.1 Å². The molecule has 0 aliphatic carbocycles. The predicted molar refractivity (Wildman–Crippen MR) is 84.2 cm³/mol. The summed E-state index contributed by atoms with van der Waals surface area (Å²) in [6, 6.07) is 6.55. The first kappa shape index (κ1) is 16.3. The lowest BCUT2D eigenvalue weighted by Gasteiger charge is -2.11. The largest absolute Gasteiger partial charge is 0.470 e. The molecule has 8 heteroatoms. The third kappa shape index (κ3) is 4.00. The smallest absolute Gasteiger partial charge is 0.373 e. The molecule has 0 saturated carbocycles. The van der Waals surface area contributed by atoms with E-state index in [0.717, 1.165) is 0 Å². The Morgan fingerprint density at radius 2 is 1.91 bits per heavy atom. The van der Waals surface area contributed by atoms with Gasteiger partial charge in [-0.05, 0) is 45.0 Å². The van der Waals surface area contributed by atoms with Gasteiger partial charge in [-0.2, -0.15) is 4.98 Å². The highest BCUT2D eigenvalue weighted by Gasteiger charge is 2.25. The molecular formula is C15H16N4O4. The highest BCUT2D eigenvalue weighted by atomic mass is 16.6. The number of benzene rings is 1. The molecule has 2 rings (SSSR count). The van der Waals surface area contributed by atoms with Gasteiger partial charge in [0.05, 0.1) is 11.0 Å². The molecule has 1 heterocycles. The van der Waals surface area contributed by atoms with E-state index in [1.807, 2.05) is 0 Å². The molecular weight excluding hydrogens is 300 g/mol. The zero-order valence-electron chi connectivity index (χ0n) is 12.9. The van der Waals surface area contributed by atoms with Crippen molar-refractivity contribution < 1.29 is 14.5 Å². The predicted octanol–water partition coefficient (Wildman–Crippen LogP) is 3.12. The number of carbonyl (C=O) groups is 1. The second-order valence-corrected chi connectivity index (χ2v) is 5.06. The van der Waals surface area contributed by atoms with Crippen molar-refractivity contribution >= 4 is 23.0 Å². The summed E-state index contributed by atoms with van der Waals surface area (Å²) in [7, 11) is 0. The molecule has 2 aromatic rings. The van der Waals surface area contributed by atoms with E-state index in [-0.39, 0.29) is 29.3 Å². The molecule has 0 aliphatic rings. The molecule has 0 aliphatic heterocycles. The molecule has 8 nitrogen and oxygen atoms in total. The van der Waals surface area contributed by atoms with Crippen LogP contribution in [0.1, 0.15) is 31.1 Å². The van der Waals surface area contributed by atoms with Crippen LogP contribution in [0.4, 0.5) is 17.2 Å². The third-order valence-corrected chi connectivity index (χ3v) is 2.87. The maximum absolute atomic E-state index is 11.3. The molecule has 0 spiro atoms. The summed E-state index contributed by atoms with van der Waals surface area (Å²) in [6.07, 6.45) is 0.933. The average Bonchev–Trinajstić information content (AvgIpc) is 2.47. The number of nitrogens with one attached hydrogen (secondary N) is 1. The molecule has 0 bridgehead atoms. The molecule has 0 saturated heterocycles. The summed E-state index contributed by atoms with van der Waals surface area (Å²) in [6.45, 7) is 4.96. The number of nitrogens with zero attached hydrogens (tertiary/aromatic N) is 3. The number of ether oxygens (including phenoxy) is 1. The molecule has 1 aromatic heterocycles. The molecule has 0 radical (unpaired) electrons. The van der Waals surface area contributed by atoms with Gasteiger partial charge in [0.25, 0.3) is 5.88 Å². The van der Waals surface area contributed by atoms with Gasteiger partial charge in [0.15, 0.2) is 5.78 Å². The fourth-order valence-corrected chi connectivity index (χ4v) is 1.85. The fourth-order valence-electron chi connectivity index (χ4n) is 1.85. The number of hydrogen-bond acceptors (Lipinski definition) is 7. The van der Waals surface area contributed by atoms with Crippen molar-refractivity contribution in [1.29, 1.82) is 0 Å². The van der Waals surface area contributed by atoms with Crippen molar-refractivity contribution in [3.63, 3.8) is 0 Å². The first-order chi connectivity index (χ1) is 10.9. The average molecular weight is 316 g/mol. The second kappa shape index (κ2) is 6.82. The monoisotopic (exact) mass is 316 g/mol. The molecule has 1 aromatic carbocycles. The van der Waals surface area contributed by atoms with Gasteiger partial charge < -0.3 is 10.1 Å². The lowest BCUT2D eigenvalue weighted by molar-refractivity contribution is -0.385. The number of rotatable bonds is 6. The Balaban J connectivity index is 2.35. The van der Waals surface area contributed by atoms with E-state index in [1.54, 1.807) is 38.1 Å². The maximum Gasteiger partial charge on any atom is 0.373 e. The van der Waals surface area contributed by atoms with Crippen LogP contribution in [-0.4, -0.2) is 26.8 Å². The number of anilines is 2. The van der Waals surface area contributed by atoms with Gasteiger partial charge in [-0.3, -0.25) is 14.9 Å². The number of ketones is 1. The van der Waals surface area contributed by atoms with E-state index >= 15 is 0 Å². The van der Waals surface area contributed by atoms with Gasteiger partial charge in [-0.1, -0.05) is 0 Å². The standard InChI is InChI=1S/C15H16N4O4/c1-9(2)23-15-13(19(21)22)14(16-8-17-15)18-12-6-4-11(5-7-12)10(3)20/h4-9H,1-3H3,(H,16,17,18). The summed E-state index contributed by atoms with van der Waals surface area (Å²) in [5.74, 6) is -0.128. The molecule has 0 atom stereocenters. The summed E-state index contributed by atoms with van der Waals surface area (Å²) in [5.41, 5.74) is 0.778. The summed E-state index contributed by atoms with van der Waals surface area (Å²) in [5, 5.41) is 14.2. The van der Waals surface area contributed by atoms with Gasteiger partial charge >= 0.3 is 5.69 Å². The lowest BCUT2D eigenvalue weighted by atomic mass is 10.1. The zero-order valence-corrected chi connectivity index (χ0v) is 12.9. The lowest BCUT2D eigenvalue weighted by Crippen LogP contribution is -2.11. The van der Waals surface area contributed by atoms with Crippen LogP contribution in [0.5, 0.6) is 5.88 Å². The minimum atomic E-state index is -0.593. The van der Waals surface area contributed by atoms with Gasteiger partial charge in [-0.15, -0.1) is 0 Å². The van der Waals surface area contributed by atoms with E-state index in [2.05, 4.69) is 15.3 Å². The van der Waals surface area contributed by atoms with Gasteiger partial charge in [0.1, 0.15) is 6.33 Å².